The number of hydrogen-bond acceptors (Lipinski definition) is 5. The van der Waals surface area contributed by atoms with Crippen molar-refractivity contribution in [2.75, 3.05) is 13.1 Å². The topological polar surface area (TPSA) is 54.2 Å². The van der Waals surface area contributed by atoms with Gasteiger partial charge in [-0.15, -0.1) is 0 Å². The Balaban J connectivity index is 1.61. The number of aromatic nitrogens is 2. The monoisotopic (exact) mass is 278 g/mol. The van der Waals surface area contributed by atoms with Crippen molar-refractivity contribution in [3.05, 3.63) is 11.7 Å². The van der Waals surface area contributed by atoms with Crippen LogP contribution >= 0.6 is 0 Å². The predicted molar refractivity (Wildman–Crippen MR) is 77.2 cm³/mol. The Hall–Kier alpha value is -0.940. The molecule has 0 aromatic carbocycles. The molecule has 2 aliphatic rings. The van der Waals surface area contributed by atoms with Crippen molar-refractivity contribution in [2.45, 2.75) is 58.7 Å². The lowest BCUT2D eigenvalue weighted by atomic mass is 9.73. The lowest BCUT2D eigenvalue weighted by Gasteiger charge is -2.49. The SMILES string of the molecule is Cc1nc(CNC2C3CCCC2CN(C(C)C)C3)no1. The Kier molecular flexibility index (Phi) is 4.08. The molecule has 2 atom stereocenters. The van der Waals surface area contributed by atoms with Gasteiger partial charge in [0.05, 0.1) is 6.54 Å². The molecule has 1 N–H and O–H groups in total. The van der Waals surface area contributed by atoms with Crippen LogP contribution in [0.5, 0.6) is 0 Å². The van der Waals surface area contributed by atoms with Crippen molar-refractivity contribution in [3.63, 3.8) is 0 Å². The summed E-state index contributed by atoms with van der Waals surface area (Å²) in [7, 11) is 0. The number of nitrogens with one attached hydrogen (secondary N) is 1. The zero-order chi connectivity index (χ0) is 14.1. The van der Waals surface area contributed by atoms with Crippen molar-refractivity contribution in [3.8, 4) is 0 Å². The summed E-state index contributed by atoms with van der Waals surface area (Å²) in [5.41, 5.74) is 0. The number of nitrogens with zero attached hydrogens (tertiary/aromatic N) is 3. The van der Waals surface area contributed by atoms with E-state index >= 15 is 0 Å². The fourth-order valence-electron chi connectivity index (χ4n) is 3.85. The molecular weight excluding hydrogens is 252 g/mol. The van der Waals surface area contributed by atoms with E-state index < -0.39 is 0 Å². The smallest absolute Gasteiger partial charge is 0.223 e. The molecule has 5 nitrogen and oxygen atoms in total. The maximum atomic E-state index is 5.04. The molecule has 2 bridgehead atoms. The first-order valence-electron chi connectivity index (χ1n) is 7.90. The molecule has 1 aromatic heterocycles. The van der Waals surface area contributed by atoms with Crippen LogP contribution in [0.25, 0.3) is 0 Å². The van der Waals surface area contributed by atoms with Gasteiger partial charge in [0, 0.05) is 32.1 Å². The average Bonchev–Trinajstić information content (AvgIpc) is 2.81. The summed E-state index contributed by atoms with van der Waals surface area (Å²) < 4.78 is 5.04. The lowest BCUT2D eigenvalue weighted by molar-refractivity contribution is 0.0286. The van der Waals surface area contributed by atoms with E-state index in [9.17, 15) is 0 Å². The van der Waals surface area contributed by atoms with Crippen LogP contribution in [-0.2, 0) is 6.54 Å². The van der Waals surface area contributed by atoms with Gasteiger partial charge in [0.1, 0.15) is 0 Å². The van der Waals surface area contributed by atoms with E-state index in [1.165, 1.54) is 32.4 Å². The van der Waals surface area contributed by atoms with E-state index in [4.69, 9.17) is 4.52 Å². The van der Waals surface area contributed by atoms with Gasteiger partial charge in [0.25, 0.3) is 0 Å². The van der Waals surface area contributed by atoms with Gasteiger partial charge in [0.15, 0.2) is 5.82 Å². The molecule has 1 aliphatic carbocycles. The molecular formula is C15H26N4O. The van der Waals surface area contributed by atoms with Crippen LogP contribution in [0.2, 0.25) is 0 Å². The summed E-state index contributed by atoms with van der Waals surface area (Å²) in [5, 5.41) is 7.68. The second-order valence-corrected chi connectivity index (χ2v) is 6.64. The van der Waals surface area contributed by atoms with Crippen molar-refractivity contribution >= 4 is 0 Å². The fraction of sp³-hybridized carbons (Fsp3) is 0.867. The normalized spacial score (nSPS) is 30.9. The van der Waals surface area contributed by atoms with Gasteiger partial charge in [-0.1, -0.05) is 11.6 Å². The Labute approximate surface area is 121 Å². The van der Waals surface area contributed by atoms with Crippen LogP contribution in [-0.4, -0.2) is 40.2 Å². The lowest BCUT2D eigenvalue weighted by Crippen LogP contribution is -2.58. The number of likely N-dealkylation sites (tertiary alicyclic amines) is 1. The zero-order valence-electron chi connectivity index (χ0n) is 12.8. The highest BCUT2D eigenvalue weighted by molar-refractivity contribution is 4.96. The molecule has 2 unspecified atom stereocenters. The highest BCUT2D eigenvalue weighted by atomic mass is 16.5. The van der Waals surface area contributed by atoms with E-state index in [1.54, 1.807) is 0 Å². The highest BCUT2D eigenvalue weighted by Gasteiger charge is 2.39. The van der Waals surface area contributed by atoms with E-state index in [0.29, 0.717) is 18.0 Å². The molecule has 1 aliphatic heterocycles. The maximum absolute atomic E-state index is 5.04. The van der Waals surface area contributed by atoms with Gasteiger partial charge in [-0.3, -0.25) is 0 Å². The van der Waals surface area contributed by atoms with E-state index in [0.717, 1.165) is 24.2 Å². The van der Waals surface area contributed by atoms with Crippen molar-refractivity contribution < 1.29 is 4.52 Å². The molecule has 0 amide bonds. The molecule has 20 heavy (non-hydrogen) atoms. The van der Waals surface area contributed by atoms with Crippen LogP contribution in [0.15, 0.2) is 4.52 Å². The summed E-state index contributed by atoms with van der Waals surface area (Å²) in [6.45, 7) is 9.66. The van der Waals surface area contributed by atoms with Crippen LogP contribution in [0.3, 0.4) is 0 Å². The minimum Gasteiger partial charge on any atom is -0.340 e. The molecule has 5 heteroatoms. The van der Waals surface area contributed by atoms with E-state index in [2.05, 4.69) is 34.2 Å². The highest BCUT2D eigenvalue weighted by Crippen LogP contribution is 2.35. The molecule has 0 spiro atoms. The van der Waals surface area contributed by atoms with Gasteiger partial charge in [-0.25, -0.2) is 0 Å². The van der Waals surface area contributed by atoms with Crippen LogP contribution in [0, 0.1) is 18.8 Å². The van der Waals surface area contributed by atoms with E-state index in [1.807, 2.05) is 6.92 Å². The Morgan fingerprint density at radius 1 is 1.30 bits per heavy atom. The molecule has 3 rings (SSSR count). The first-order valence-corrected chi connectivity index (χ1v) is 7.90. The minimum atomic E-state index is 0.623. The summed E-state index contributed by atoms with van der Waals surface area (Å²) >= 11 is 0. The number of rotatable bonds is 4. The number of fused-ring (bicyclic) bond motifs is 2. The first kappa shape index (κ1) is 14.0. The standard InChI is InChI=1S/C15H26N4O/c1-10(2)19-8-12-5-4-6-13(9-19)15(12)16-7-14-17-11(3)20-18-14/h10,12-13,15-16H,4-9H2,1-3H3. The van der Waals surface area contributed by atoms with Crippen LogP contribution < -0.4 is 5.32 Å². The molecule has 2 fully saturated rings. The molecule has 112 valence electrons. The molecule has 1 saturated heterocycles. The number of piperidine rings is 1. The van der Waals surface area contributed by atoms with Crippen LogP contribution in [0.1, 0.15) is 44.8 Å². The third-order valence-electron chi connectivity index (χ3n) is 4.90. The Morgan fingerprint density at radius 2 is 2.00 bits per heavy atom. The van der Waals surface area contributed by atoms with Gasteiger partial charge in [-0.05, 0) is 38.5 Å². The van der Waals surface area contributed by atoms with Crippen molar-refractivity contribution in [1.29, 1.82) is 0 Å². The van der Waals surface area contributed by atoms with Gasteiger partial charge >= 0.3 is 0 Å². The number of aryl methyl sites for hydroxylation is 1. The summed E-state index contributed by atoms with van der Waals surface area (Å²) in [6.07, 6.45) is 4.09. The summed E-state index contributed by atoms with van der Waals surface area (Å²) in [5.74, 6) is 2.99. The third kappa shape index (κ3) is 2.88. The molecule has 1 saturated carbocycles. The second-order valence-electron chi connectivity index (χ2n) is 6.64. The molecule has 0 radical (unpaired) electrons. The van der Waals surface area contributed by atoms with Gasteiger partial charge in [-0.2, -0.15) is 4.98 Å². The Morgan fingerprint density at radius 3 is 2.55 bits per heavy atom. The summed E-state index contributed by atoms with van der Waals surface area (Å²) in [4.78, 5) is 6.93. The Bertz CT molecular complexity index is 431. The van der Waals surface area contributed by atoms with E-state index in [-0.39, 0.29) is 0 Å². The molecule has 1 aromatic rings. The summed E-state index contributed by atoms with van der Waals surface area (Å²) in [6, 6.07) is 1.29. The maximum Gasteiger partial charge on any atom is 0.223 e. The fourth-order valence-corrected chi connectivity index (χ4v) is 3.85. The van der Waals surface area contributed by atoms with Crippen molar-refractivity contribution in [1.82, 2.24) is 20.4 Å². The largest absolute Gasteiger partial charge is 0.340 e. The third-order valence-corrected chi connectivity index (χ3v) is 4.90. The predicted octanol–water partition coefficient (Wildman–Crippen LogP) is 1.98. The zero-order valence-corrected chi connectivity index (χ0v) is 12.8. The first-order chi connectivity index (χ1) is 9.63. The van der Waals surface area contributed by atoms with Crippen LogP contribution in [0.4, 0.5) is 0 Å². The average molecular weight is 278 g/mol. The quantitative estimate of drug-likeness (QED) is 0.912. The van der Waals surface area contributed by atoms with Gasteiger partial charge in [0.2, 0.25) is 5.89 Å². The molecule has 2 heterocycles. The second kappa shape index (κ2) is 5.82. The minimum absolute atomic E-state index is 0.623. The number of hydrogen-bond donors (Lipinski definition) is 1. The van der Waals surface area contributed by atoms with Gasteiger partial charge < -0.3 is 14.7 Å². The van der Waals surface area contributed by atoms with Crippen molar-refractivity contribution in [2.24, 2.45) is 11.8 Å².